The average Bonchev–Trinajstić information content (AvgIpc) is 3.26. The largest absolute Gasteiger partial charge is 0.297 e. The molecule has 108 valence electrons. The van der Waals surface area contributed by atoms with Gasteiger partial charge >= 0.3 is 0 Å². The zero-order valence-corrected chi connectivity index (χ0v) is 13.6. The standard InChI is InChI=1S/C15H9N3OS3/c19-13(18-15-16-7-8-20-15)11-5-6-12(21-11)14-17-9-3-1-2-4-10(9)22-14/h1-8H,(H,16,18,19). The van der Waals surface area contributed by atoms with Crippen LogP contribution in [0.3, 0.4) is 0 Å². The molecule has 1 amide bonds. The molecule has 0 bridgehead atoms. The van der Waals surface area contributed by atoms with Gasteiger partial charge in [-0.25, -0.2) is 9.97 Å². The maximum Gasteiger partial charge on any atom is 0.267 e. The van der Waals surface area contributed by atoms with Crippen molar-refractivity contribution in [2.45, 2.75) is 0 Å². The van der Waals surface area contributed by atoms with Crippen LogP contribution in [0, 0.1) is 0 Å². The van der Waals surface area contributed by atoms with Crippen LogP contribution in [0.4, 0.5) is 5.13 Å². The van der Waals surface area contributed by atoms with E-state index in [1.807, 2.05) is 35.7 Å². The smallest absolute Gasteiger partial charge is 0.267 e. The van der Waals surface area contributed by atoms with Crippen molar-refractivity contribution in [2.75, 3.05) is 5.32 Å². The summed E-state index contributed by atoms with van der Waals surface area (Å²) in [5.41, 5.74) is 0.990. The van der Waals surface area contributed by atoms with Crippen molar-refractivity contribution in [3.05, 3.63) is 52.9 Å². The molecule has 0 aliphatic heterocycles. The molecule has 4 aromatic rings. The summed E-state index contributed by atoms with van der Waals surface area (Å²) in [5, 5.41) is 6.18. The van der Waals surface area contributed by atoms with Gasteiger partial charge in [0, 0.05) is 11.6 Å². The number of benzene rings is 1. The number of hydrogen-bond acceptors (Lipinski definition) is 6. The molecule has 0 atom stereocenters. The number of hydrogen-bond donors (Lipinski definition) is 1. The molecule has 0 radical (unpaired) electrons. The molecule has 0 saturated heterocycles. The average molecular weight is 343 g/mol. The summed E-state index contributed by atoms with van der Waals surface area (Å²) in [6.45, 7) is 0. The van der Waals surface area contributed by atoms with E-state index in [0.29, 0.717) is 10.0 Å². The minimum absolute atomic E-state index is 0.132. The number of carbonyl (C=O) groups excluding carboxylic acids is 1. The Bertz CT molecular complexity index is 907. The highest BCUT2D eigenvalue weighted by Crippen LogP contribution is 2.34. The number of anilines is 1. The maximum absolute atomic E-state index is 12.2. The summed E-state index contributed by atoms with van der Waals surface area (Å²) in [4.78, 5) is 22.5. The van der Waals surface area contributed by atoms with E-state index < -0.39 is 0 Å². The minimum Gasteiger partial charge on any atom is -0.297 e. The van der Waals surface area contributed by atoms with Crippen LogP contribution in [0.15, 0.2) is 48.0 Å². The van der Waals surface area contributed by atoms with Crippen molar-refractivity contribution in [1.82, 2.24) is 9.97 Å². The number of rotatable bonds is 3. The highest BCUT2D eigenvalue weighted by Gasteiger charge is 2.13. The monoisotopic (exact) mass is 343 g/mol. The van der Waals surface area contributed by atoms with Crippen LogP contribution in [0.5, 0.6) is 0 Å². The highest BCUT2D eigenvalue weighted by atomic mass is 32.1. The van der Waals surface area contributed by atoms with E-state index in [-0.39, 0.29) is 5.91 Å². The summed E-state index contributed by atoms with van der Waals surface area (Å²) in [6.07, 6.45) is 1.67. The Labute approximate surface area is 138 Å². The molecule has 3 aromatic heterocycles. The number of amides is 1. The normalized spacial score (nSPS) is 10.9. The topological polar surface area (TPSA) is 54.9 Å². The number of thiophene rings is 1. The van der Waals surface area contributed by atoms with Crippen LogP contribution in [0.25, 0.3) is 20.1 Å². The van der Waals surface area contributed by atoms with E-state index in [1.165, 1.54) is 22.7 Å². The van der Waals surface area contributed by atoms with E-state index in [9.17, 15) is 4.79 Å². The first kappa shape index (κ1) is 13.6. The van der Waals surface area contributed by atoms with E-state index in [0.717, 1.165) is 20.1 Å². The van der Waals surface area contributed by atoms with Crippen molar-refractivity contribution < 1.29 is 4.79 Å². The van der Waals surface area contributed by atoms with Crippen molar-refractivity contribution in [2.24, 2.45) is 0 Å². The van der Waals surface area contributed by atoms with Gasteiger partial charge < -0.3 is 0 Å². The third kappa shape index (κ3) is 2.54. The second-order valence-electron chi connectivity index (χ2n) is 4.44. The molecule has 0 saturated carbocycles. The lowest BCUT2D eigenvalue weighted by Crippen LogP contribution is -2.09. The SMILES string of the molecule is O=C(Nc1nccs1)c1ccc(-c2nc3ccccc3s2)s1. The molecular formula is C15H9N3OS3. The Kier molecular flexibility index (Phi) is 3.45. The Morgan fingerprint density at radius 2 is 2.00 bits per heavy atom. The summed E-state index contributed by atoms with van der Waals surface area (Å²) >= 11 is 4.49. The lowest BCUT2D eigenvalue weighted by molar-refractivity contribution is 0.103. The number of aromatic nitrogens is 2. The Hall–Kier alpha value is -2.09. The maximum atomic E-state index is 12.2. The van der Waals surface area contributed by atoms with Crippen LogP contribution >= 0.6 is 34.0 Å². The molecule has 0 aliphatic carbocycles. The number of para-hydroxylation sites is 1. The van der Waals surface area contributed by atoms with Crippen LogP contribution in [0.1, 0.15) is 9.67 Å². The zero-order chi connectivity index (χ0) is 14.9. The third-order valence-electron chi connectivity index (χ3n) is 2.99. The van der Waals surface area contributed by atoms with Crippen LogP contribution < -0.4 is 5.32 Å². The Balaban J connectivity index is 1.62. The van der Waals surface area contributed by atoms with Gasteiger partial charge in [-0.1, -0.05) is 12.1 Å². The number of nitrogens with one attached hydrogen (secondary N) is 1. The number of thiazole rings is 2. The quantitative estimate of drug-likeness (QED) is 0.585. The molecule has 0 spiro atoms. The molecule has 22 heavy (non-hydrogen) atoms. The van der Waals surface area contributed by atoms with Gasteiger partial charge in [-0.2, -0.15) is 0 Å². The van der Waals surface area contributed by atoms with E-state index in [1.54, 1.807) is 17.5 Å². The first-order valence-electron chi connectivity index (χ1n) is 6.46. The van der Waals surface area contributed by atoms with Gasteiger partial charge in [0.05, 0.1) is 20.0 Å². The van der Waals surface area contributed by atoms with Gasteiger partial charge in [-0.3, -0.25) is 10.1 Å². The number of carbonyl (C=O) groups is 1. The van der Waals surface area contributed by atoms with Gasteiger partial charge in [0.1, 0.15) is 5.01 Å². The highest BCUT2D eigenvalue weighted by molar-refractivity contribution is 7.26. The predicted octanol–water partition coefficient (Wildman–Crippen LogP) is 4.73. The lowest BCUT2D eigenvalue weighted by atomic mass is 10.3. The molecule has 0 fully saturated rings. The zero-order valence-electron chi connectivity index (χ0n) is 11.1. The van der Waals surface area contributed by atoms with Gasteiger partial charge in [0.15, 0.2) is 5.13 Å². The molecule has 0 unspecified atom stereocenters. The van der Waals surface area contributed by atoms with Gasteiger partial charge in [-0.15, -0.1) is 34.0 Å². The first-order chi connectivity index (χ1) is 10.8. The molecular weight excluding hydrogens is 334 g/mol. The van der Waals surface area contributed by atoms with Crippen molar-refractivity contribution in [3.63, 3.8) is 0 Å². The fourth-order valence-electron chi connectivity index (χ4n) is 2.00. The van der Waals surface area contributed by atoms with Crippen molar-refractivity contribution in [3.8, 4) is 9.88 Å². The number of fused-ring (bicyclic) bond motifs is 1. The lowest BCUT2D eigenvalue weighted by Gasteiger charge is -1.97. The van der Waals surface area contributed by atoms with Gasteiger partial charge in [0.25, 0.3) is 5.91 Å². The summed E-state index contributed by atoms with van der Waals surface area (Å²) in [7, 11) is 0. The van der Waals surface area contributed by atoms with Crippen LogP contribution in [0.2, 0.25) is 0 Å². The number of nitrogens with zero attached hydrogens (tertiary/aromatic N) is 2. The molecule has 4 rings (SSSR count). The molecule has 4 nitrogen and oxygen atoms in total. The van der Waals surface area contributed by atoms with Crippen molar-refractivity contribution in [1.29, 1.82) is 0 Å². The Morgan fingerprint density at radius 1 is 1.09 bits per heavy atom. The van der Waals surface area contributed by atoms with Gasteiger partial charge in [-0.05, 0) is 24.3 Å². The molecule has 0 aliphatic rings. The Morgan fingerprint density at radius 3 is 2.82 bits per heavy atom. The second-order valence-corrected chi connectivity index (χ2v) is 7.45. The summed E-state index contributed by atoms with van der Waals surface area (Å²) in [5.74, 6) is -0.132. The predicted molar refractivity (Wildman–Crippen MR) is 93.0 cm³/mol. The van der Waals surface area contributed by atoms with Gasteiger partial charge in [0.2, 0.25) is 0 Å². The molecule has 1 aromatic carbocycles. The summed E-state index contributed by atoms with van der Waals surface area (Å²) in [6, 6.07) is 11.8. The first-order valence-corrected chi connectivity index (χ1v) is 8.97. The van der Waals surface area contributed by atoms with Crippen LogP contribution in [-0.4, -0.2) is 15.9 Å². The fraction of sp³-hybridized carbons (Fsp3) is 0. The summed E-state index contributed by atoms with van der Waals surface area (Å²) < 4.78 is 1.15. The minimum atomic E-state index is -0.132. The fourth-order valence-corrected chi connectivity index (χ4v) is 4.44. The van der Waals surface area contributed by atoms with E-state index in [4.69, 9.17) is 0 Å². The molecule has 3 heterocycles. The molecule has 7 heteroatoms. The molecule has 1 N–H and O–H groups in total. The van der Waals surface area contributed by atoms with E-state index >= 15 is 0 Å². The second kappa shape index (κ2) is 5.60. The third-order valence-corrected chi connectivity index (χ3v) is 5.97. The van der Waals surface area contributed by atoms with E-state index in [2.05, 4.69) is 21.4 Å². The van der Waals surface area contributed by atoms with Crippen molar-refractivity contribution >= 4 is 55.3 Å². The van der Waals surface area contributed by atoms with Crippen LogP contribution in [-0.2, 0) is 0 Å².